The molecule has 6 nitrogen and oxygen atoms in total. The largest absolute Gasteiger partial charge is 0.457 e. The molecule has 2 fully saturated rings. The van der Waals surface area contributed by atoms with Crippen LogP contribution in [0.1, 0.15) is 58.1 Å². The molecule has 2 aromatic rings. The number of nitriles is 1. The Labute approximate surface area is 206 Å². The van der Waals surface area contributed by atoms with Gasteiger partial charge < -0.3 is 14.2 Å². The molecule has 0 N–H and O–H groups in total. The summed E-state index contributed by atoms with van der Waals surface area (Å²) in [5.74, 6) is -0.215. The lowest BCUT2D eigenvalue weighted by Gasteiger charge is -2.22. The molecule has 2 aliphatic carbocycles. The molecule has 0 aromatic heterocycles. The summed E-state index contributed by atoms with van der Waals surface area (Å²) in [5.41, 5.74) is -0.228. The van der Waals surface area contributed by atoms with Crippen molar-refractivity contribution in [3.05, 3.63) is 72.3 Å². The van der Waals surface area contributed by atoms with Gasteiger partial charge in [0.15, 0.2) is 0 Å². The maximum Gasteiger partial charge on any atom is 0.330 e. The number of carbonyl (C=O) groups excluding carboxylic acids is 2. The van der Waals surface area contributed by atoms with Crippen molar-refractivity contribution in [2.24, 2.45) is 17.3 Å². The molecule has 4 rings (SSSR count). The SMILES string of the molecule is CC1(OC(=O)C=C[C@H]2[C@@H](C(=O)O[C@H](C#N)c3cccc(Oc4ccccc4)c3)C2(C)C)CCCC1. The Morgan fingerprint density at radius 1 is 1.03 bits per heavy atom. The minimum atomic E-state index is -1.06. The average molecular weight is 474 g/mol. The van der Waals surface area contributed by atoms with Crippen LogP contribution in [0.3, 0.4) is 0 Å². The summed E-state index contributed by atoms with van der Waals surface area (Å²) < 4.78 is 17.1. The highest BCUT2D eigenvalue weighted by molar-refractivity contribution is 5.84. The lowest BCUT2D eigenvalue weighted by atomic mass is 10.1. The summed E-state index contributed by atoms with van der Waals surface area (Å²) >= 11 is 0. The highest BCUT2D eigenvalue weighted by Gasteiger charge is 2.61. The molecule has 0 radical (unpaired) electrons. The van der Waals surface area contributed by atoms with Crippen molar-refractivity contribution in [1.29, 1.82) is 5.26 Å². The maximum atomic E-state index is 13.0. The number of benzene rings is 2. The van der Waals surface area contributed by atoms with Gasteiger partial charge in [-0.1, -0.05) is 50.3 Å². The molecule has 0 bridgehead atoms. The summed E-state index contributed by atoms with van der Waals surface area (Å²) in [4.78, 5) is 25.3. The number of allylic oxidation sites excluding steroid dienone is 1. The predicted octanol–water partition coefficient (Wildman–Crippen LogP) is 6.29. The number of nitrogens with zero attached hydrogens (tertiary/aromatic N) is 1. The van der Waals surface area contributed by atoms with Crippen LogP contribution in [0.5, 0.6) is 11.5 Å². The Kier molecular flexibility index (Phi) is 6.98. The smallest absolute Gasteiger partial charge is 0.330 e. The fourth-order valence-corrected chi connectivity index (χ4v) is 4.90. The second-order valence-corrected chi connectivity index (χ2v) is 10.2. The maximum absolute atomic E-state index is 13.0. The summed E-state index contributed by atoms with van der Waals surface area (Å²) in [5, 5.41) is 9.70. The first-order valence-electron chi connectivity index (χ1n) is 12.1. The van der Waals surface area contributed by atoms with Gasteiger partial charge in [-0.2, -0.15) is 5.26 Å². The van der Waals surface area contributed by atoms with Crippen LogP contribution in [0.25, 0.3) is 0 Å². The van der Waals surface area contributed by atoms with Crippen LogP contribution in [0, 0.1) is 28.6 Å². The van der Waals surface area contributed by atoms with Crippen molar-refractivity contribution in [3.8, 4) is 17.6 Å². The average Bonchev–Trinajstić information content (AvgIpc) is 3.13. The standard InChI is InChI=1S/C29H31NO5/c1-28(2)23(14-15-25(31)35-29(3)16-7-8-17-29)26(28)27(32)34-24(19-30)20-10-9-13-22(18-20)33-21-11-5-4-6-12-21/h4-6,9-15,18,23-24,26H,7-8,16-17H2,1-3H3/t23-,24+,26-/m0/s1. The lowest BCUT2D eigenvalue weighted by Crippen LogP contribution is -2.27. The normalized spacial score (nSPS) is 22.7. The Hall–Kier alpha value is -3.59. The Morgan fingerprint density at radius 2 is 1.71 bits per heavy atom. The molecular weight excluding hydrogens is 442 g/mol. The molecule has 0 aliphatic heterocycles. The number of ether oxygens (including phenoxy) is 3. The zero-order chi connectivity index (χ0) is 25.1. The number of hydrogen-bond donors (Lipinski definition) is 0. The lowest BCUT2D eigenvalue weighted by molar-refractivity contribution is -0.151. The molecule has 6 heteroatoms. The van der Waals surface area contributed by atoms with Gasteiger partial charge in [0.25, 0.3) is 0 Å². The first-order valence-corrected chi connectivity index (χ1v) is 12.1. The number of rotatable bonds is 8. The summed E-state index contributed by atoms with van der Waals surface area (Å²) in [6, 6.07) is 18.3. The molecule has 182 valence electrons. The predicted molar refractivity (Wildman–Crippen MR) is 130 cm³/mol. The van der Waals surface area contributed by atoms with E-state index in [0.29, 0.717) is 17.1 Å². The van der Waals surface area contributed by atoms with E-state index in [9.17, 15) is 14.9 Å². The molecule has 35 heavy (non-hydrogen) atoms. The zero-order valence-corrected chi connectivity index (χ0v) is 20.4. The van der Waals surface area contributed by atoms with E-state index in [4.69, 9.17) is 14.2 Å². The molecule has 3 atom stereocenters. The second kappa shape index (κ2) is 9.95. The summed E-state index contributed by atoms with van der Waals surface area (Å²) in [7, 11) is 0. The van der Waals surface area contributed by atoms with Gasteiger partial charge in [0, 0.05) is 11.6 Å². The molecule has 0 unspecified atom stereocenters. The van der Waals surface area contributed by atoms with Crippen molar-refractivity contribution in [2.75, 3.05) is 0 Å². The number of hydrogen-bond acceptors (Lipinski definition) is 6. The van der Waals surface area contributed by atoms with Crippen molar-refractivity contribution in [2.45, 2.75) is 58.2 Å². The van der Waals surface area contributed by atoms with E-state index in [1.54, 1.807) is 30.3 Å². The van der Waals surface area contributed by atoms with Crippen LogP contribution < -0.4 is 4.74 Å². The summed E-state index contributed by atoms with van der Waals surface area (Å²) in [6.45, 7) is 5.87. The van der Waals surface area contributed by atoms with Gasteiger partial charge in [0.2, 0.25) is 6.10 Å². The third kappa shape index (κ3) is 5.74. The van der Waals surface area contributed by atoms with E-state index >= 15 is 0 Å². The van der Waals surface area contributed by atoms with E-state index in [0.717, 1.165) is 25.7 Å². The molecule has 2 saturated carbocycles. The first kappa shape index (κ1) is 24.5. The molecule has 0 amide bonds. The van der Waals surface area contributed by atoms with Crippen molar-refractivity contribution in [1.82, 2.24) is 0 Å². The van der Waals surface area contributed by atoms with Gasteiger partial charge in [-0.25, -0.2) is 4.79 Å². The molecular formula is C29H31NO5. The molecule has 0 heterocycles. The minimum Gasteiger partial charge on any atom is -0.457 e. The van der Waals surface area contributed by atoms with Gasteiger partial charge in [-0.15, -0.1) is 0 Å². The van der Waals surface area contributed by atoms with Crippen LogP contribution in [0.15, 0.2) is 66.7 Å². The number of para-hydroxylation sites is 1. The molecule has 0 spiro atoms. The zero-order valence-electron chi connectivity index (χ0n) is 20.4. The second-order valence-electron chi connectivity index (χ2n) is 10.2. The van der Waals surface area contributed by atoms with E-state index in [1.807, 2.05) is 51.1 Å². The molecule has 2 aromatic carbocycles. The monoisotopic (exact) mass is 473 g/mol. The van der Waals surface area contributed by atoms with Crippen molar-refractivity contribution >= 4 is 11.9 Å². The fourth-order valence-electron chi connectivity index (χ4n) is 4.90. The minimum absolute atomic E-state index is 0.161. The topological polar surface area (TPSA) is 85.6 Å². The highest BCUT2D eigenvalue weighted by atomic mass is 16.6. The van der Waals surface area contributed by atoms with Gasteiger partial charge in [-0.05, 0) is 68.2 Å². The summed E-state index contributed by atoms with van der Waals surface area (Å²) in [6.07, 6.45) is 6.00. The van der Waals surface area contributed by atoms with Crippen LogP contribution in [0.4, 0.5) is 0 Å². The Bertz CT molecular complexity index is 1140. The molecule has 2 aliphatic rings. The third-order valence-corrected chi connectivity index (χ3v) is 7.10. The van der Waals surface area contributed by atoms with Crippen LogP contribution in [0.2, 0.25) is 0 Å². The Morgan fingerprint density at radius 3 is 2.40 bits per heavy atom. The van der Waals surface area contributed by atoms with E-state index in [2.05, 4.69) is 6.07 Å². The van der Waals surface area contributed by atoms with Gasteiger partial charge in [0.05, 0.1) is 5.92 Å². The van der Waals surface area contributed by atoms with Crippen LogP contribution >= 0.6 is 0 Å². The van der Waals surface area contributed by atoms with E-state index < -0.39 is 23.6 Å². The van der Waals surface area contributed by atoms with E-state index in [-0.39, 0.29) is 17.3 Å². The quantitative estimate of drug-likeness (QED) is 0.331. The third-order valence-electron chi connectivity index (χ3n) is 7.10. The number of carbonyl (C=O) groups is 2. The van der Waals surface area contributed by atoms with Crippen molar-refractivity contribution in [3.63, 3.8) is 0 Å². The molecule has 0 saturated heterocycles. The van der Waals surface area contributed by atoms with Crippen molar-refractivity contribution < 1.29 is 23.8 Å². The van der Waals surface area contributed by atoms with E-state index in [1.165, 1.54) is 6.08 Å². The number of esters is 2. The first-order chi connectivity index (χ1) is 16.7. The van der Waals surface area contributed by atoms with Crippen LogP contribution in [-0.2, 0) is 19.1 Å². The van der Waals surface area contributed by atoms with Crippen LogP contribution in [-0.4, -0.2) is 17.5 Å². The highest BCUT2D eigenvalue weighted by Crippen LogP contribution is 2.59. The Balaban J connectivity index is 1.38. The van der Waals surface area contributed by atoms with Gasteiger partial charge in [0.1, 0.15) is 23.2 Å². The van der Waals surface area contributed by atoms with Gasteiger partial charge in [-0.3, -0.25) is 4.79 Å². The fraction of sp³-hybridized carbons (Fsp3) is 0.414. The van der Waals surface area contributed by atoms with Gasteiger partial charge >= 0.3 is 11.9 Å².